The molecule has 3 unspecified atom stereocenters. The van der Waals surface area contributed by atoms with Crippen LogP contribution in [0.15, 0.2) is 24.3 Å². The summed E-state index contributed by atoms with van der Waals surface area (Å²) in [6.45, 7) is 4.01. The van der Waals surface area contributed by atoms with Crippen molar-refractivity contribution in [2.24, 2.45) is 5.92 Å². The van der Waals surface area contributed by atoms with Crippen molar-refractivity contribution >= 4 is 5.91 Å². The van der Waals surface area contributed by atoms with Crippen molar-refractivity contribution in [1.29, 1.82) is 0 Å². The first kappa shape index (κ1) is 14.4. The second-order valence-corrected chi connectivity index (χ2v) is 6.04. The molecule has 2 aliphatic rings. The molecule has 1 amide bonds. The summed E-state index contributed by atoms with van der Waals surface area (Å²) < 4.78 is 5.64. The highest BCUT2D eigenvalue weighted by molar-refractivity contribution is 5.85. The zero-order valence-electron chi connectivity index (χ0n) is 12.5. The number of nitrogens with zero attached hydrogens (tertiary/aromatic N) is 1. The minimum absolute atomic E-state index is 0.0947. The lowest BCUT2D eigenvalue weighted by molar-refractivity contribution is -0.137. The average molecular weight is 289 g/mol. The standard InChI is InChI=1S/C17H23NO3/c1-2-12-11-18(9-7-15(12)19)17(20)14-8-10-21-16-6-4-3-5-13(14)16/h3-6,12,14-15,19H,2,7-11H2,1H3. The van der Waals surface area contributed by atoms with Crippen LogP contribution in [0.25, 0.3) is 0 Å². The molecule has 3 atom stereocenters. The molecule has 0 aromatic heterocycles. The van der Waals surface area contributed by atoms with Crippen LogP contribution in [-0.4, -0.2) is 41.7 Å². The predicted octanol–water partition coefficient (Wildman–Crippen LogP) is 2.17. The molecule has 1 aromatic carbocycles. The highest BCUT2D eigenvalue weighted by Crippen LogP contribution is 2.35. The Labute approximate surface area is 125 Å². The van der Waals surface area contributed by atoms with E-state index >= 15 is 0 Å². The number of piperidine rings is 1. The molecule has 1 fully saturated rings. The smallest absolute Gasteiger partial charge is 0.230 e. The van der Waals surface area contributed by atoms with Gasteiger partial charge in [0.15, 0.2) is 0 Å². The predicted molar refractivity (Wildman–Crippen MR) is 80.3 cm³/mol. The van der Waals surface area contributed by atoms with Crippen LogP contribution >= 0.6 is 0 Å². The van der Waals surface area contributed by atoms with Crippen molar-refractivity contribution in [1.82, 2.24) is 4.90 Å². The molecule has 0 bridgehead atoms. The first-order valence-corrected chi connectivity index (χ1v) is 7.89. The third kappa shape index (κ3) is 2.77. The number of benzene rings is 1. The SMILES string of the molecule is CCC1CN(C(=O)C2CCOc3ccccc32)CCC1O. The number of aliphatic hydroxyl groups is 1. The molecule has 21 heavy (non-hydrogen) atoms. The van der Waals surface area contributed by atoms with Crippen LogP contribution in [0.3, 0.4) is 0 Å². The summed E-state index contributed by atoms with van der Waals surface area (Å²) in [5.41, 5.74) is 1.01. The van der Waals surface area contributed by atoms with Gasteiger partial charge in [0.1, 0.15) is 5.75 Å². The second-order valence-electron chi connectivity index (χ2n) is 6.04. The zero-order chi connectivity index (χ0) is 14.8. The van der Waals surface area contributed by atoms with Gasteiger partial charge in [-0.15, -0.1) is 0 Å². The summed E-state index contributed by atoms with van der Waals surface area (Å²) in [7, 11) is 0. The van der Waals surface area contributed by atoms with Gasteiger partial charge in [0.05, 0.1) is 18.6 Å². The van der Waals surface area contributed by atoms with E-state index in [-0.39, 0.29) is 23.8 Å². The van der Waals surface area contributed by atoms with E-state index in [2.05, 4.69) is 6.92 Å². The summed E-state index contributed by atoms with van der Waals surface area (Å²) in [4.78, 5) is 14.8. The van der Waals surface area contributed by atoms with E-state index in [9.17, 15) is 9.90 Å². The van der Waals surface area contributed by atoms with Gasteiger partial charge >= 0.3 is 0 Å². The molecule has 0 radical (unpaired) electrons. The van der Waals surface area contributed by atoms with Gasteiger partial charge in [0.2, 0.25) is 5.91 Å². The number of amides is 1. The van der Waals surface area contributed by atoms with E-state index in [0.29, 0.717) is 26.1 Å². The molecule has 1 saturated heterocycles. The minimum atomic E-state index is -0.263. The van der Waals surface area contributed by atoms with Gasteiger partial charge in [-0.3, -0.25) is 4.79 Å². The number of para-hydroxylation sites is 1. The number of fused-ring (bicyclic) bond motifs is 1. The van der Waals surface area contributed by atoms with Crippen LogP contribution in [0.4, 0.5) is 0 Å². The molecule has 0 spiro atoms. The molecular weight excluding hydrogens is 266 g/mol. The van der Waals surface area contributed by atoms with E-state index in [4.69, 9.17) is 4.74 Å². The van der Waals surface area contributed by atoms with Crippen molar-refractivity contribution in [3.05, 3.63) is 29.8 Å². The molecule has 2 aliphatic heterocycles. The van der Waals surface area contributed by atoms with Gasteiger partial charge in [0.25, 0.3) is 0 Å². The van der Waals surface area contributed by atoms with Crippen molar-refractivity contribution < 1.29 is 14.6 Å². The fourth-order valence-electron chi connectivity index (χ4n) is 3.44. The van der Waals surface area contributed by atoms with Gasteiger partial charge in [-0.2, -0.15) is 0 Å². The fourth-order valence-corrected chi connectivity index (χ4v) is 3.44. The minimum Gasteiger partial charge on any atom is -0.493 e. The molecule has 114 valence electrons. The lowest BCUT2D eigenvalue weighted by atomic mass is 9.88. The Kier molecular flexibility index (Phi) is 4.15. The normalized spacial score (nSPS) is 28.7. The molecule has 4 nitrogen and oxygen atoms in total. The van der Waals surface area contributed by atoms with Gasteiger partial charge in [-0.1, -0.05) is 25.1 Å². The zero-order valence-corrected chi connectivity index (χ0v) is 12.5. The Balaban J connectivity index is 1.77. The van der Waals surface area contributed by atoms with Crippen LogP contribution in [0.5, 0.6) is 5.75 Å². The van der Waals surface area contributed by atoms with E-state index in [1.807, 2.05) is 29.2 Å². The summed E-state index contributed by atoms with van der Waals surface area (Å²) in [5.74, 6) is 1.14. The molecule has 2 heterocycles. The third-order valence-corrected chi connectivity index (χ3v) is 4.79. The average Bonchev–Trinajstić information content (AvgIpc) is 2.54. The number of hydrogen-bond donors (Lipinski definition) is 1. The molecule has 1 aromatic rings. The number of aliphatic hydroxyl groups excluding tert-OH is 1. The van der Waals surface area contributed by atoms with Crippen LogP contribution in [-0.2, 0) is 4.79 Å². The van der Waals surface area contributed by atoms with Gasteiger partial charge in [-0.25, -0.2) is 0 Å². The van der Waals surface area contributed by atoms with Gasteiger partial charge in [0, 0.05) is 24.6 Å². The lowest BCUT2D eigenvalue weighted by Gasteiger charge is -2.38. The Hall–Kier alpha value is -1.55. The van der Waals surface area contributed by atoms with Crippen LogP contribution < -0.4 is 4.74 Å². The van der Waals surface area contributed by atoms with Crippen molar-refractivity contribution in [2.75, 3.05) is 19.7 Å². The topological polar surface area (TPSA) is 49.8 Å². The number of carbonyl (C=O) groups is 1. The number of carbonyl (C=O) groups excluding carboxylic acids is 1. The Morgan fingerprint density at radius 1 is 1.38 bits per heavy atom. The van der Waals surface area contributed by atoms with Gasteiger partial charge < -0.3 is 14.7 Å². The van der Waals surface area contributed by atoms with Crippen LogP contribution in [0, 0.1) is 5.92 Å². The van der Waals surface area contributed by atoms with Crippen molar-refractivity contribution in [3.63, 3.8) is 0 Å². The molecular formula is C17H23NO3. The number of likely N-dealkylation sites (tertiary alicyclic amines) is 1. The summed E-state index contributed by atoms with van der Waals surface area (Å²) >= 11 is 0. The Bertz CT molecular complexity index is 517. The molecule has 1 N–H and O–H groups in total. The molecule has 0 aliphatic carbocycles. The van der Waals surface area contributed by atoms with Crippen molar-refractivity contribution in [2.45, 2.75) is 38.2 Å². The summed E-state index contributed by atoms with van der Waals surface area (Å²) in [6, 6.07) is 7.83. The summed E-state index contributed by atoms with van der Waals surface area (Å²) in [6.07, 6.45) is 2.08. The largest absolute Gasteiger partial charge is 0.493 e. The highest BCUT2D eigenvalue weighted by atomic mass is 16.5. The second kappa shape index (κ2) is 6.06. The maximum Gasteiger partial charge on any atom is 0.230 e. The number of hydrogen-bond acceptors (Lipinski definition) is 3. The van der Waals surface area contributed by atoms with Gasteiger partial charge in [-0.05, 0) is 25.3 Å². The maximum absolute atomic E-state index is 12.9. The molecule has 4 heteroatoms. The van der Waals surface area contributed by atoms with Crippen molar-refractivity contribution in [3.8, 4) is 5.75 Å². The number of rotatable bonds is 2. The first-order chi connectivity index (χ1) is 10.2. The first-order valence-electron chi connectivity index (χ1n) is 7.89. The number of ether oxygens (including phenoxy) is 1. The van der Waals surface area contributed by atoms with Crippen LogP contribution in [0.1, 0.15) is 37.7 Å². The fraction of sp³-hybridized carbons (Fsp3) is 0.588. The van der Waals surface area contributed by atoms with E-state index < -0.39 is 0 Å². The third-order valence-electron chi connectivity index (χ3n) is 4.79. The van der Waals surface area contributed by atoms with E-state index in [1.54, 1.807) is 0 Å². The Morgan fingerprint density at radius 3 is 3.00 bits per heavy atom. The van der Waals surface area contributed by atoms with E-state index in [1.165, 1.54) is 0 Å². The Morgan fingerprint density at radius 2 is 2.19 bits per heavy atom. The quantitative estimate of drug-likeness (QED) is 0.908. The maximum atomic E-state index is 12.9. The van der Waals surface area contributed by atoms with E-state index in [0.717, 1.165) is 24.2 Å². The highest BCUT2D eigenvalue weighted by Gasteiger charge is 2.35. The monoisotopic (exact) mass is 289 g/mol. The molecule has 0 saturated carbocycles. The lowest BCUT2D eigenvalue weighted by Crippen LogP contribution is -2.47. The van der Waals surface area contributed by atoms with Crippen LogP contribution in [0.2, 0.25) is 0 Å². The molecule has 3 rings (SSSR count). The summed E-state index contributed by atoms with van der Waals surface area (Å²) in [5, 5.41) is 9.98.